The van der Waals surface area contributed by atoms with Crippen LogP contribution < -0.4 is 0 Å². The van der Waals surface area contributed by atoms with Gasteiger partial charge in [-0.1, -0.05) is 30.3 Å². The van der Waals surface area contributed by atoms with E-state index in [1.807, 2.05) is 22.6 Å². The Morgan fingerprint density at radius 2 is 2.00 bits per heavy atom. The molecule has 4 rings (SSSR count). The Morgan fingerprint density at radius 3 is 2.58 bits per heavy atom. The second kappa shape index (κ2) is 6.24. The first kappa shape index (κ1) is 15.1. The van der Waals surface area contributed by atoms with E-state index in [0.717, 1.165) is 12.8 Å². The molecule has 0 fully saturated rings. The molecule has 1 amide bonds. The molecule has 0 spiro atoms. The van der Waals surface area contributed by atoms with Crippen LogP contribution in [0, 0.1) is 0 Å². The second-order valence-electron chi connectivity index (χ2n) is 6.27. The molecule has 4 nitrogen and oxygen atoms in total. The monoisotopic (exact) mass is 337 g/mol. The zero-order valence-electron chi connectivity index (χ0n) is 13.6. The molecule has 1 aliphatic rings. The first-order valence-electron chi connectivity index (χ1n) is 8.09. The maximum atomic E-state index is 13.1. The maximum Gasteiger partial charge on any atom is 0.274 e. The van der Waals surface area contributed by atoms with E-state index >= 15 is 0 Å². The largest absolute Gasteiger partial charge is 0.340 e. The molecule has 122 valence electrons. The van der Waals surface area contributed by atoms with E-state index in [-0.39, 0.29) is 11.9 Å². The highest BCUT2D eigenvalue weighted by Crippen LogP contribution is 2.28. The van der Waals surface area contributed by atoms with Crippen molar-refractivity contribution in [2.45, 2.75) is 25.4 Å². The molecule has 1 aliphatic carbocycles. The number of rotatable bonds is 4. The molecular weight excluding hydrogens is 318 g/mol. The van der Waals surface area contributed by atoms with Gasteiger partial charge in [0.1, 0.15) is 5.69 Å². The molecule has 0 N–H and O–H groups in total. The quantitative estimate of drug-likeness (QED) is 0.733. The van der Waals surface area contributed by atoms with Crippen LogP contribution in [0.2, 0.25) is 0 Å². The van der Waals surface area contributed by atoms with Crippen molar-refractivity contribution in [3.05, 3.63) is 76.0 Å². The third-order valence-corrected chi connectivity index (χ3v) is 5.42. The first-order valence-corrected chi connectivity index (χ1v) is 8.97. The van der Waals surface area contributed by atoms with Crippen LogP contribution in [-0.2, 0) is 26.4 Å². The lowest BCUT2D eigenvalue weighted by Crippen LogP contribution is -2.40. The van der Waals surface area contributed by atoms with Gasteiger partial charge < -0.3 is 9.47 Å². The number of aromatic nitrogens is 2. The topological polar surface area (TPSA) is 38.1 Å². The van der Waals surface area contributed by atoms with Gasteiger partial charge in [0.25, 0.3) is 5.91 Å². The smallest absolute Gasteiger partial charge is 0.274 e. The fourth-order valence-electron chi connectivity index (χ4n) is 3.36. The van der Waals surface area contributed by atoms with Crippen LogP contribution in [0.5, 0.6) is 0 Å². The zero-order chi connectivity index (χ0) is 16.5. The van der Waals surface area contributed by atoms with Crippen molar-refractivity contribution in [1.29, 1.82) is 0 Å². The lowest BCUT2D eigenvalue weighted by molar-refractivity contribution is 0.0664. The van der Waals surface area contributed by atoms with E-state index in [2.05, 4.69) is 40.7 Å². The van der Waals surface area contributed by atoms with Crippen LogP contribution in [0.25, 0.3) is 0 Å². The van der Waals surface area contributed by atoms with Crippen molar-refractivity contribution in [1.82, 2.24) is 14.5 Å². The molecule has 0 bridgehead atoms. The maximum absolute atomic E-state index is 13.1. The molecule has 5 heteroatoms. The van der Waals surface area contributed by atoms with Gasteiger partial charge in [-0.15, -0.1) is 11.3 Å². The molecule has 0 aliphatic heterocycles. The van der Waals surface area contributed by atoms with Gasteiger partial charge in [0.15, 0.2) is 0 Å². The van der Waals surface area contributed by atoms with E-state index in [1.165, 1.54) is 16.0 Å². The summed E-state index contributed by atoms with van der Waals surface area (Å²) < 4.78 is 1.82. The molecule has 3 aromatic rings. The summed E-state index contributed by atoms with van der Waals surface area (Å²) in [5.41, 5.74) is 3.23. The highest BCUT2D eigenvalue weighted by atomic mass is 32.1. The number of fused-ring (bicyclic) bond motifs is 1. The Labute approximate surface area is 145 Å². The summed E-state index contributed by atoms with van der Waals surface area (Å²) in [5.74, 6) is 0.0156. The molecular formula is C19H19N3OS. The Morgan fingerprint density at radius 1 is 1.25 bits per heavy atom. The minimum Gasteiger partial charge on any atom is -0.340 e. The molecule has 2 aromatic heterocycles. The van der Waals surface area contributed by atoms with Crippen molar-refractivity contribution >= 4 is 17.2 Å². The number of imidazole rings is 1. The molecule has 0 saturated heterocycles. The zero-order valence-corrected chi connectivity index (χ0v) is 14.4. The minimum absolute atomic E-state index is 0.0156. The van der Waals surface area contributed by atoms with Crippen LogP contribution >= 0.6 is 11.3 Å². The minimum atomic E-state index is 0.0156. The van der Waals surface area contributed by atoms with Gasteiger partial charge in [0.05, 0.1) is 12.9 Å². The number of carbonyl (C=O) groups is 1. The van der Waals surface area contributed by atoms with Crippen molar-refractivity contribution in [2.75, 3.05) is 0 Å². The van der Waals surface area contributed by atoms with E-state index in [4.69, 9.17) is 0 Å². The van der Waals surface area contributed by atoms with Crippen molar-refractivity contribution in [2.24, 2.45) is 7.05 Å². The van der Waals surface area contributed by atoms with Crippen LogP contribution in [0.15, 0.2) is 54.3 Å². The molecule has 0 unspecified atom stereocenters. The van der Waals surface area contributed by atoms with Gasteiger partial charge in [-0.2, -0.15) is 0 Å². The van der Waals surface area contributed by atoms with Gasteiger partial charge >= 0.3 is 0 Å². The fraction of sp³-hybridized carbons (Fsp3) is 0.263. The molecule has 0 saturated carbocycles. The number of nitrogens with zero attached hydrogens (tertiary/aromatic N) is 3. The number of benzene rings is 1. The Bertz CT molecular complexity index is 828. The Balaban J connectivity index is 1.62. The van der Waals surface area contributed by atoms with Crippen molar-refractivity contribution in [3.63, 3.8) is 0 Å². The van der Waals surface area contributed by atoms with Crippen LogP contribution in [0.1, 0.15) is 26.5 Å². The number of aryl methyl sites for hydroxylation is 1. The highest BCUT2D eigenvalue weighted by Gasteiger charge is 2.31. The Kier molecular flexibility index (Phi) is 3.94. The number of hydrogen-bond acceptors (Lipinski definition) is 3. The van der Waals surface area contributed by atoms with E-state index in [1.54, 1.807) is 23.9 Å². The summed E-state index contributed by atoms with van der Waals surface area (Å²) >= 11 is 1.69. The summed E-state index contributed by atoms with van der Waals surface area (Å²) in [6.45, 7) is 0.645. The van der Waals surface area contributed by atoms with Crippen LogP contribution in [0.3, 0.4) is 0 Å². The number of amides is 1. The number of carbonyl (C=O) groups excluding carboxylic acids is 1. The molecule has 0 atom stereocenters. The Hall–Kier alpha value is -2.40. The summed E-state index contributed by atoms with van der Waals surface area (Å²) in [4.78, 5) is 20.5. The third-order valence-electron chi connectivity index (χ3n) is 4.56. The van der Waals surface area contributed by atoms with Gasteiger partial charge in [0.2, 0.25) is 0 Å². The molecule has 1 aromatic carbocycles. The summed E-state index contributed by atoms with van der Waals surface area (Å²) in [5, 5.41) is 2.06. The van der Waals surface area contributed by atoms with Crippen molar-refractivity contribution in [3.8, 4) is 0 Å². The molecule has 24 heavy (non-hydrogen) atoms. The van der Waals surface area contributed by atoms with Gasteiger partial charge in [0, 0.05) is 24.2 Å². The highest BCUT2D eigenvalue weighted by molar-refractivity contribution is 7.09. The van der Waals surface area contributed by atoms with E-state index in [0.29, 0.717) is 12.2 Å². The van der Waals surface area contributed by atoms with Gasteiger partial charge in [-0.25, -0.2) is 4.98 Å². The van der Waals surface area contributed by atoms with Crippen molar-refractivity contribution < 1.29 is 4.79 Å². The van der Waals surface area contributed by atoms with E-state index in [9.17, 15) is 4.79 Å². The SMILES string of the molecule is Cn1cnc(C(=O)N(Cc2cccs2)C2Cc3ccccc3C2)c1. The number of hydrogen-bond donors (Lipinski definition) is 0. The third kappa shape index (κ3) is 2.87. The fourth-order valence-corrected chi connectivity index (χ4v) is 4.07. The average Bonchev–Trinajstić information content (AvgIpc) is 3.32. The first-order chi connectivity index (χ1) is 11.7. The number of thiophene rings is 1. The van der Waals surface area contributed by atoms with E-state index < -0.39 is 0 Å². The molecule has 2 heterocycles. The predicted octanol–water partition coefficient (Wildman–Crippen LogP) is 3.29. The summed E-state index contributed by atoms with van der Waals surface area (Å²) in [6, 6.07) is 12.8. The predicted molar refractivity (Wildman–Crippen MR) is 95.0 cm³/mol. The summed E-state index contributed by atoms with van der Waals surface area (Å²) in [6.07, 6.45) is 5.31. The lowest BCUT2D eigenvalue weighted by atomic mass is 10.1. The van der Waals surface area contributed by atoms with Crippen LogP contribution in [-0.4, -0.2) is 26.4 Å². The van der Waals surface area contributed by atoms with Gasteiger partial charge in [-0.3, -0.25) is 4.79 Å². The second-order valence-corrected chi connectivity index (χ2v) is 7.30. The lowest BCUT2D eigenvalue weighted by Gasteiger charge is -2.28. The van der Waals surface area contributed by atoms with Crippen LogP contribution in [0.4, 0.5) is 0 Å². The molecule has 0 radical (unpaired) electrons. The van der Waals surface area contributed by atoms with Gasteiger partial charge in [-0.05, 0) is 35.4 Å². The standard InChI is InChI=1S/C19H19N3OS/c1-21-12-18(20-13-21)19(23)22(11-17-7-4-8-24-17)16-9-14-5-2-3-6-15(14)10-16/h2-8,12-13,16H,9-11H2,1H3. The normalized spacial score (nSPS) is 13.9. The average molecular weight is 337 g/mol. The summed E-state index contributed by atoms with van der Waals surface area (Å²) in [7, 11) is 1.89.